The molecule has 1 N–H and O–H groups in total. The van der Waals surface area contributed by atoms with Gasteiger partial charge in [-0.1, -0.05) is 18.5 Å². The van der Waals surface area contributed by atoms with E-state index in [1.54, 1.807) is 23.2 Å². The minimum Gasteiger partial charge on any atom is -0.339 e. The van der Waals surface area contributed by atoms with Gasteiger partial charge in [0.1, 0.15) is 11.6 Å². The van der Waals surface area contributed by atoms with Crippen LogP contribution in [0, 0.1) is 23.5 Å². The number of halogens is 3. The van der Waals surface area contributed by atoms with Crippen molar-refractivity contribution in [2.45, 2.75) is 26.2 Å². The van der Waals surface area contributed by atoms with Crippen LogP contribution in [-0.4, -0.2) is 34.8 Å². The minimum absolute atomic E-state index is 0.0704. The highest BCUT2D eigenvalue weighted by molar-refractivity contribution is 6.30. The fourth-order valence-electron chi connectivity index (χ4n) is 4.53. The van der Waals surface area contributed by atoms with Crippen molar-refractivity contribution < 1.29 is 18.4 Å². The molecule has 1 fully saturated rings. The molecule has 8 heteroatoms. The molecule has 0 radical (unpaired) electrons. The van der Waals surface area contributed by atoms with Crippen LogP contribution in [0.25, 0.3) is 10.9 Å². The molecule has 1 aliphatic rings. The van der Waals surface area contributed by atoms with Crippen LogP contribution in [0.2, 0.25) is 5.02 Å². The molecule has 1 aromatic heterocycles. The van der Waals surface area contributed by atoms with E-state index in [-0.39, 0.29) is 34.4 Å². The van der Waals surface area contributed by atoms with Gasteiger partial charge in [-0.15, -0.1) is 0 Å². The Kier molecular flexibility index (Phi) is 6.88. The number of amides is 2. The summed E-state index contributed by atoms with van der Waals surface area (Å²) in [5.41, 5.74) is 1.09. The average Bonchev–Trinajstić information content (AvgIpc) is 2.81. The van der Waals surface area contributed by atoms with Crippen LogP contribution in [0.1, 0.15) is 36.5 Å². The van der Waals surface area contributed by atoms with E-state index < -0.39 is 11.6 Å². The molecule has 2 aromatic carbocycles. The number of hydrogen-bond acceptors (Lipinski definition) is 3. The lowest BCUT2D eigenvalue weighted by Crippen LogP contribution is -2.42. The van der Waals surface area contributed by atoms with Crippen molar-refractivity contribution in [3.8, 4) is 0 Å². The van der Waals surface area contributed by atoms with Crippen LogP contribution < -0.4 is 5.32 Å². The molecule has 0 unspecified atom stereocenters. The zero-order valence-electron chi connectivity index (χ0n) is 18.2. The molecule has 172 valence electrons. The number of rotatable bonds is 5. The second kappa shape index (κ2) is 9.83. The van der Waals surface area contributed by atoms with Crippen molar-refractivity contribution >= 4 is 40.0 Å². The summed E-state index contributed by atoms with van der Waals surface area (Å²) in [4.78, 5) is 32.0. The van der Waals surface area contributed by atoms with E-state index >= 15 is 0 Å². The summed E-state index contributed by atoms with van der Waals surface area (Å²) >= 11 is 5.78. The highest BCUT2D eigenvalue weighted by atomic mass is 35.5. The number of carbonyl (C=O) groups is 2. The molecule has 0 spiro atoms. The second-order valence-electron chi connectivity index (χ2n) is 8.28. The first-order valence-electron chi connectivity index (χ1n) is 11.0. The Morgan fingerprint density at radius 1 is 1.15 bits per heavy atom. The van der Waals surface area contributed by atoms with Crippen molar-refractivity contribution in [2.24, 2.45) is 11.8 Å². The second-order valence-corrected chi connectivity index (χ2v) is 8.71. The number of nitrogens with one attached hydrogen (secondary N) is 1. The molecule has 4 rings (SSSR count). The topological polar surface area (TPSA) is 62.3 Å². The Labute approximate surface area is 195 Å². The van der Waals surface area contributed by atoms with Crippen molar-refractivity contribution in [1.29, 1.82) is 0 Å². The zero-order chi connectivity index (χ0) is 23.5. The van der Waals surface area contributed by atoms with Gasteiger partial charge in [0, 0.05) is 35.6 Å². The maximum atomic E-state index is 14.1. The molecular weight excluding hydrogens is 448 g/mol. The molecule has 3 aromatic rings. The molecule has 33 heavy (non-hydrogen) atoms. The lowest BCUT2D eigenvalue weighted by molar-refractivity contribution is -0.122. The fourth-order valence-corrected chi connectivity index (χ4v) is 4.69. The number of anilines is 1. The highest BCUT2D eigenvalue weighted by Crippen LogP contribution is 2.30. The molecule has 1 aliphatic heterocycles. The van der Waals surface area contributed by atoms with Gasteiger partial charge in [0.2, 0.25) is 5.91 Å². The first-order valence-corrected chi connectivity index (χ1v) is 11.3. The minimum atomic E-state index is -0.577. The normalized spacial score (nSPS) is 15.5. The molecular formula is C25H24ClF2N3O2. The van der Waals surface area contributed by atoms with Crippen LogP contribution in [0.3, 0.4) is 0 Å². The summed E-state index contributed by atoms with van der Waals surface area (Å²) in [5, 5.41) is 3.43. The molecule has 0 bridgehead atoms. The van der Waals surface area contributed by atoms with Crippen LogP contribution in [0.15, 0.2) is 48.7 Å². The molecule has 0 aliphatic carbocycles. The average molecular weight is 472 g/mol. The number of piperidine rings is 1. The van der Waals surface area contributed by atoms with E-state index in [0.29, 0.717) is 48.8 Å². The van der Waals surface area contributed by atoms with Crippen molar-refractivity contribution in [2.75, 3.05) is 18.4 Å². The summed E-state index contributed by atoms with van der Waals surface area (Å²) < 4.78 is 27.8. The number of fused-ring (bicyclic) bond motifs is 1. The van der Waals surface area contributed by atoms with Crippen molar-refractivity contribution in [3.05, 3.63) is 70.9 Å². The standard InChI is InChI=1S/C25H24ClF2N3O2/c1-2-18(24(32)30-23-5-3-16(26)13-21(23)28)15-8-11-31(12-9-15)25(33)19-7-10-29-22-6-4-17(27)14-20(19)22/h3-7,10,13-15,18H,2,8-9,11-12H2,1H3,(H,30,32)/t18-/m1/s1. The number of aromatic nitrogens is 1. The fraction of sp³-hybridized carbons (Fsp3) is 0.320. The number of benzene rings is 2. The summed E-state index contributed by atoms with van der Waals surface area (Å²) in [6.07, 6.45) is 3.46. The van der Waals surface area contributed by atoms with Gasteiger partial charge in [-0.05, 0) is 67.6 Å². The van der Waals surface area contributed by atoms with Gasteiger partial charge in [0.05, 0.1) is 16.8 Å². The number of likely N-dealkylation sites (tertiary alicyclic amines) is 1. The van der Waals surface area contributed by atoms with Gasteiger partial charge >= 0.3 is 0 Å². The van der Waals surface area contributed by atoms with Gasteiger partial charge in [-0.3, -0.25) is 14.6 Å². The van der Waals surface area contributed by atoms with Crippen LogP contribution >= 0.6 is 11.6 Å². The molecule has 2 heterocycles. The number of nitrogens with zero attached hydrogens (tertiary/aromatic N) is 2. The first kappa shape index (κ1) is 23.1. The lowest BCUT2D eigenvalue weighted by Gasteiger charge is -2.35. The quantitative estimate of drug-likeness (QED) is 0.520. The third-order valence-electron chi connectivity index (χ3n) is 6.30. The van der Waals surface area contributed by atoms with E-state index in [0.717, 1.165) is 6.07 Å². The Bertz CT molecular complexity index is 1200. The van der Waals surface area contributed by atoms with E-state index in [1.807, 2.05) is 6.92 Å². The maximum Gasteiger partial charge on any atom is 0.254 e. The molecule has 2 amide bonds. The molecule has 0 saturated carbocycles. The highest BCUT2D eigenvalue weighted by Gasteiger charge is 2.32. The third-order valence-corrected chi connectivity index (χ3v) is 6.53. The Hall–Kier alpha value is -3.06. The smallest absolute Gasteiger partial charge is 0.254 e. The zero-order valence-corrected chi connectivity index (χ0v) is 18.9. The first-order chi connectivity index (χ1) is 15.9. The van der Waals surface area contributed by atoms with Crippen LogP contribution in [0.4, 0.5) is 14.5 Å². The van der Waals surface area contributed by atoms with Crippen molar-refractivity contribution in [1.82, 2.24) is 9.88 Å². The Balaban J connectivity index is 1.43. The molecule has 1 saturated heterocycles. The lowest BCUT2D eigenvalue weighted by atomic mass is 9.82. The van der Waals surface area contributed by atoms with Crippen LogP contribution in [-0.2, 0) is 4.79 Å². The number of pyridine rings is 1. The van der Waals surface area contributed by atoms with Crippen molar-refractivity contribution in [3.63, 3.8) is 0 Å². The maximum absolute atomic E-state index is 14.1. The predicted molar refractivity (Wildman–Crippen MR) is 124 cm³/mol. The van der Waals surface area contributed by atoms with Gasteiger partial charge in [-0.25, -0.2) is 8.78 Å². The Morgan fingerprint density at radius 3 is 2.61 bits per heavy atom. The largest absolute Gasteiger partial charge is 0.339 e. The van der Waals surface area contributed by atoms with Gasteiger partial charge in [-0.2, -0.15) is 0 Å². The number of hydrogen-bond donors (Lipinski definition) is 1. The predicted octanol–water partition coefficient (Wildman–Crippen LogP) is 5.68. The summed E-state index contributed by atoms with van der Waals surface area (Å²) in [7, 11) is 0. The SMILES string of the molecule is CC[C@@H](C(=O)Nc1ccc(Cl)cc1F)C1CCN(C(=O)c2ccnc3ccc(F)cc23)CC1. The van der Waals surface area contributed by atoms with E-state index in [2.05, 4.69) is 10.3 Å². The van der Waals surface area contributed by atoms with E-state index in [1.165, 1.54) is 24.3 Å². The summed E-state index contributed by atoms with van der Waals surface area (Å²) in [6.45, 7) is 2.90. The van der Waals surface area contributed by atoms with Gasteiger partial charge in [0.25, 0.3) is 5.91 Å². The van der Waals surface area contributed by atoms with E-state index in [9.17, 15) is 18.4 Å². The third kappa shape index (κ3) is 4.98. The van der Waals surface area contributed by atoms with Gasteiger partial charge < -0.3 is 10.2 Å². The summed E-state index contributed by atoms with van der Waals surface area (Å²) in [5.74, 6) is -1.63. The van der Waals surface area contributed by atoms with Crippen LogP contribution in [0.5, 0.6) is 0 Å². The summed E-state index contributed by atoms with van der Waals surface area (Å²) in [6, 6.07) is 9.96. The molecule has 1 atom stereocenters. The Morgan fingerprint density at radius 2 is 1.91 bits per heavy atom. The van der Waals surface area contributed by atoms with E-state index in [4.69, 9.17) is 11.6 Å². The molecule has 5 nitrogen and oxygen atoms in total. The number of carbonyl (C=O) groups excluding carboxylic acids is 2. The van der Waals surface area contributed by atoms with Gasteiger partial charge in [0.15, 0.2) is 0 Å². The monoisotopic (exact) mass is 471 g/mol.